The molecule has 3 nitrogen and oxygen atoms in total. The molecule has 0 amide bonds. The minimum Gasteiger partial charge on any atom is -0.460 e. The number of aromatic nitrogens is 1. The van der Waals surface area contributed by atoms with E-state index in [9.17, 15) is 0 Å². The van der Waals surface area contributed by atoms with Gasteiger partial charge < -0.3 is 13.9 Å². The maximum atomic E-state index is 6.84. The lowest BCUT2D eigenvalue weighted by Gasteiger charge is -2.30. The van der Waals surface area contributed by atoms with E-state index in [2.05, 4.69) is 253 Å². The molecule has 12 rings (SSSR count). The molecule has 12 aromatic rings. The van der Waals surface area contributed by atoms with Crippen molar-refractivity contribution in [1.82, 2.24) is 4.57 Å². The summed E-state index contributed by atoms with van der Waals surface area (Å²) in [5.74, 6) is 0.943. The summed E-state index contributed by atoms with van der Waals surface area (Å²) in [4.78, 5) is 2.44. The second-order valence-electron chi connectivity index (χ2n) is 16.8. The molecule has 2 aromatic heterocycles. The number of furan rings is 1. The van der Waals surface area contributed by atoms with E-state index in [4.69, 9.17) is 4.42 Å². The predicted molar refractivity (Wildman–Crippen MR) is 275 cm³/mol. The maximum absolute atomic E-state index is 6.84. The van der Waals surface area contributed by atoms with E-state index in [0.717, 1.165) is 56.2 Å². The molecule has 0 spiro atoms. The average molecular weight is 833 g/mol. The summed E-state index contributed by atoms with van der Waals surface area (Å²) in [6.45, 7) is 2.08. The zero-order valence-electron chi connectivity index (χ0n) is 36.0. The fourth-order valence-electron chi connectivity index (χ4n) is 9.87. The van der Waals surface area contributed by atoms with Crippen LogP contribution in [-0.2, 0) is 6.42 Å². The molecule has 0 aliphatic heterocycles. The first-order chi connectivity index (χ1) is 32.2. The van der Waals surface area contributed by atoms with Crippen LogP contribution >= 0.6 is 0 Å². The predicted octanol–water partition coefficient (Wildman–Crippen LogP) is 17.3. The fraction of sp³-hybridized carbons (Fsp3) is 0.0323. The monoisotopic (exact) mass is 832 g/mol. The van der Waals surface area contributed by atoms with Crippen LogP contribution in [0.4, 0.5) is 17.1 Å². The van der Waals surface area contributed by atoms with E-state index in [1.54, 1.807) is 0 Å². The van der Waals surface area contributed by atoms with Crippen molar-refractivity contribution in [2.45, 2.75) is 13.3 Å². The molecule has 0 radical (unpaired) electrons. The first-order valence-electron chi connectivity index (χ1n) is 22.4. The summed E-state index contributed by atoms with van der Waals surface area (Å²) in [5.41, 5.74) is 14.6. The van der Waals surface area contributed by atoms with Crippen LogP contribution in [0.3, 0.4) is 0 Å². The topological polar surface area (TPSA) is 21.3 Å². The van der Waals surface area contributed by atoms with Crippen molar-refractivity contribution in [3.63, 3.8) is 0 Å². The van der Waals surface area contributed by atoms with Gasteiger partial charge in [-0.2, -0.15) is 0 Å². The second kappa shape index (κ2) is 16.1. The highest BCUT2D eigenvalue weighted by Gasteiger charge is 2.24. The van der Waals surface area contributed by atoms with Gasteiger partial charge in [-0.25, -0.2) is 0 Å². The van der Waals surface area contributed by atoms with Gasteiger partial charge in [0.15, 0.2) is 0 Å². The van der Waals surface area contributed by atoms with Crippen molar-refractivity contribution >= 4 is 77.5 Å². The molecule has 0 aliphatic rings. The van der Waals surface area contributed by atoms with Crippen LogP contribution in [0.2, 0.25) is 0 Å². The SMILES string of the molecule is C/C=C\c1c(Cc2ccccc2N(c2ccc(-c3cccc(-c4ccc5ccccc5c4)c3)cc2)c2ccccc2-n2c3ccccc3c3ccccc32)oc2cc3ccccc3cc12. The summed E-state index contributed by atoms with van der Waals surface area (Å²) >= 11 is 0. The minimum absolute atomic E-state index is 0.606. The van der Waals surface area contributed by atoms with Crippen LogP contribution in [0.1, 0.15) is 23.8 Å². The summed E-state index contributed by atoms with van der Waals surface area (Å²) in [6, 6.07) is 81.3. The minimum atomic E-state index is 0.606. The number of nitrogens with zero attached hydrogens (tertiary/aromatic N) is 2. The molecule has 0 saturated heterocycles. The number of para-hydroxylation sites is 5. The summed E-state index contributed by atoms with van der Waals surface area (Å²) in [7, 11) is 0. The van der Waals surface area contributed by atoms with Gasteiger partial charge in [-0.05, 0) is 123 Å². The van der Waals surface area contributed by atoms with Gasteiger partial charge in [-0.1, -0.05) is 170 Å². The van der Waals surface area contributed by atoms with E-state index < -0.39 is 0 Å². The van der Waals surface area contributed by atoms with E-state index in [-0.39, 0.29) is 0 Å². The highest BCUT2D eigenvalue weighted by atomic mass is 16.3. The molecule has 0 unspecified atom stereocenters. The molecule has 0 saturated carbocycles. The second-order valence-corrected chi connectivity index (χ2v) is 16.8. The Morgan fingerprint density at radius 1 is 0.446 bits per heavy atom. The van der Waals surface area contributed by atoms with Crippen LogP contribution in [0.5, 0.6) is 0 Å². The summed E-state index contributed by atoms with van der Waals surface area (Å²) in [6.07, 6.45) is 4.92. The molecule has 10 aromatic carbocycles. The molecule has 0 bridgehead atoms. The Balaban J connectivity index is 1.02. The van der Waals surface area contributed by atoms with Gasteiger partial charge in [0.25, 0.3) is 0 Å². The number of anilines is 3. The third kappa shape index (κ3) is 6.77. The normalized spacial score (nSPS) is 11.8. The molecule has 0 N–H and O–H groups in total. The lowest BCUT2D eigenvalue weighted by molar-refractivity contribution is 0.562. The molecular formula is C62H44N2O. The largest absolute Gasteiger partial charge is 0.460 e. The molecule has 0 aliphatic carbocycles. The zero-order chi connectivity index (χ0) is 43.3. The smallest absolute Gasteiger partial charge is 0.135 e. The van der Waals surface area contributed by atoms with Gasteiger partial charge in [0.05, 0.1) is 22.4 Å². The van der Waals surface area contributed by atoms with Gasteiger partial charge >= 0.3 is 0 Å². The number of benzene rings is 10. The van der Waals surface area contributed by atoms with Gasteiger partial charge in [0.1, 0.15) is 11.3 Å². The Bertz CT molecular complexity index is 3720. The average Bonchev–Trinajstić information content (AvgIpc) is 3.88. The molecule has 2 heterocycles. The first-order valence-corrected chi connectivity index (χ1v) is 22.4. The molecular weight excluding hydrogens is 789 g/mol. The number of hydrogen-bond donors (Lipinski definition) is 0. The van der Waals surface area contributed by atoms with Crippen molar-refractivity contribution in [1.29, 1.82) is 0 Å². The quantitative estimate of drug-likeness (QED) is 0.144. The number of hydrogen-bond acceptors (Lipinski definition) is 2. The van der Waals surface area contributed by atoms with Gasteiger partial charge in [-0.3, -0.25) is 0 Å². The van der Waals surface area contributed by atoms with E-state index >= 15 is 0 Å². The summed E-state index contributed by atoms with van der Waals surface area (Å²) in [5, 5.41) is 8.46. The number of rotatable bonds is 9. The third-order valence-corrected chi connectivity index (χ3v) is 12.9. The van der Waals surface area contributed by atoms with Crippen molar-refractivity contribution < 1.29 is 4.42 Å². The summed E-state index contributed by atoms with van der Waals surface area (Å²) < 4.78 is 9.27. The molecule has 3 heteroatoms. The highest BCUT2D eigenvalue weighted by molar-refractivity contribution is 6.10. The van der Waals surface area contributed by atoms with Crippen molar-refractivity contribution in [2.75, 3.05) is 4.90 Å². The van der Waals surface area contributed by atoms with Crippen LogP contribution in [0.25, 0.3) is 88.3 Å². The van der Waals surface area contributed by atoms with Crippen molar-refractivity contribution in [3.8, 4) is 27.9 Å². The van der Waals surface area contributed by atoms with E-state index in [1.807, 2.05) is 0 Å². The van der Waals surface area contributed by atoms with Crippen LogP contribution in [-0.4, -0.2) is 4.57 Å². The Hall–Kier alpha value is -8.40. The molecule has 0 atom stereocenters. The lowest BCUT2D eigenvalue weighted by atomic mass is 9.97. The Morgan fingerprint density at radius 3 is 1.75 bits per heavy atom. The first kappa shape index (κ1) is 38.3. The van der Waals surface area contributed by atoms with Gasteiger partial charge in [-0.15, -0.1) is 0 Å². The Kier molecular flexibility index (Phi) is 9.46. The van der Waals surface area contributed by atoms with E-state index in [1.165, 1.54) is 60.0 Å². The highest BCUT2D eigenvalue weighted by Crippen LogP contribution is 2.44. The van der Waals surface area contributed by atoms with Crippen LogP contribution in [0.15, 0.2) is 235 Å². The zero-order valence-corrected chi connectivity index (χ0v) is 36.0. The van der Waals surface area contributed by atoms with Gasteiger partial charge in [0, 0.05) is 39.5 Å². The Labute approximate surface area is 378 Å². The van der Waals surface area contributed by atoms with Crippen molar-refractivity contribution in [2.24, 2.45) is 0 Å². The van der Waals surface area contributed by atoms with E-state index in [0.29, 0.717) is 6.42 Å². The van der Waals surface area contributed by atoms with Crippen molar-refractivity contribution in [3.05, 3.63) is 247 Å². The maximum Gasteiger partial charge on any atom is 0.135 e. The number of fused-ring (bicyclic) bond motifs is 6. The van der Waals surface area contributed by atoms with Gasteiger partial charge in [0.2, 0.25) is 0 Å². The van der Waals surface area contributed by atoms with Crippen LogP contribution in [0, 0.1) is 0 Å². The standard InChI is InChI=1S/C62H44N2O/c1-2-16-54-55-39-47-19-5-6-20-48(47)40-62(55)65-61(54)41-50-21-7-10-26-56(50)63(59-29-13-14-30-60(59)64-57-27-11-8-24-52(57)53-25-9-12-28-58(53)64)51-35-33-43(34-36-51)45-22-15-23-46(37-45)49-32-31-42-17-3-4-18-44(42)38-49/h2-40H,41H2,1H3/b16-2-. The Morgan fingerprint density at radius 2 is 1.02 bits per heavy atom. The molecule has 65 heavy (non-hydrogen) atoms. The van der Waals surface area contributed by atoms with Crippen LogP contribution < -0.4 is 4.90 Å². The molecule has 0 fully saturated rings. The lowest BCUT2D eigenvalue weighted by Crippen LogP contribution is -2.15. The third-order valence-electron chi connectivity index (χ3n) is 12.9. The molecule has 308 valence electrons. The number of allylic oxidation sites excluding steroid dienone is 1. The fourth-order valence-corrected chi connectivity index (χ4v) is 9.87.